The molecular weight excluding hydrogens is 336 g/mol. The van der Waals surface area contributed by atoms with Gasteiger partial charge < -0.3 is 10.1 Å². The zero-order valence-corrected chi connectivity index (χ0v) is 15.3. The van der Waals surface area contributed by atoms with E-state index < -0.39 is 5.41 Å². The molecule has 136 valence electrons. The van der Waals surface area contributed by atoms with Crippen LogP contribution in [-0.4, -0.2) is 18.0 Å². The number of methoxy groups -OCH3 is 1. The number of amides is 1. The molecule has 0 fully saturated rings. The lowest BCUT2D eigenvalue weighted by molar-refractivity contribution is -0.120. The first kappa shape index (κ1) is 18.4. The van der Waals surface area contributed by atoms with Crippen molar-refractivity contribution in [1.29, 1.82) is 0 Å². The van der Waals surface area contributed by atoms with Gasteiger partial charge in [-0.15, -0.1) is 6.58 Å². The summed E-state index contributed by atoms with van der Waals surface area (Å²) < 4.78 is 5.08. The molecule has 0 bridgehead atoms. The topological polar surface area (TPSA) is 51.2 Å². The number of rotatable bonds is 7. The first-order valence-corrected chi connectivity index (χ1v) is 8.74. The minimum absolute atomic E-state index is 0.133. The highest BCUT2D eigenvalue weighted by Crippen LogP contribution is 2.37. The number of benzene rings is 2. The normalized spacial score (nSPS) is 10.9. The summed E-state index contributed by atoms with van der Waals surface area (Å²) in [5.74, 6) is 0.364. The highest BCUT2D eigenvalue weighted by Gasteiger charge is 2.40. The van der Waals surface area contributed by atoms with Crippen LogP contribution in [0, 0.1) is 0 Å². The number of allylic oxidation sites excluding steroid dienone is 1. The summed E-state index contributed by atoms with van der Waals surface area (Å²) in [4.78, 5) is 17.7. The number of hydrogen-bond acceptors (Lipinski definition) is 3. The summed E-state index contributed by atoms with van der Waals surface area (Å²) in [7, 11) is 1.56. The molecule has 2 aromatic carbocycles. The average molecular weight is 358 g/mol. The number of aromatic nitrogens is 1. The number of nitrogens with zero attached hydrogens (tertiary/aromatic N) is 1. The van der Waals surface area contributed by atoms with E-state index in [1.54, 1.807) is 31.5 Å². The van der Waals surface area contributed by atoms with Crippen LogP contribution in [0.15, 0.2) is 91.6 Å². The number of carbonyl (C=O) groups excluding carboxylic acids is 1. The summed E-state index contributed by atoms with van der Waals surface area (Å²) >= 11 is 0. The Kier molecular flexibility index (Phi) is 5.67. The molecule has 4 nitrogen and oxygen atoms in total. The Hall–Kier alpha value is -3.40. The number of hydrogen-bond donors (Lipinski definition) is 1. The Morgan fingerprint density at radius 3 is 2.07 bits per heavy atom. The molecule has 3 rings (SSSR count). The molecule has 1 heterocycles. The van der Waals surface area contributed by atoms with Crippen LogP contribution in [0.1, 0.15) is 17.5 Å². The number of nitrogens with one attached hydrogen (secondary N) is 1. The van der Waals surface area contributed by atoms with E-state index in [2.05, 4.69) is 16.9 Å². The van der Waals surface area contributed by atoms with Gasteiger partial charge in [0.15, 0.2) is 0 Å². The molecule has 0 aliphatic rings. The molecule has 1 N–H and O–H groups in total. The van der Waals surface area contributed by atoms with Gasteiger partial charge in [-0.25, -0.2) is 4.98 Å². The second kappa shape index (κ2) is 8.32. The smallest absolute Gasteiger partial charge is 0.239 e. The molecule has 0 atom stereocenters. The minimum Gasteiger partial charge on any atom is -0.481 e. The first-order chi connectivity index (χ1) is 13.2. The Morgan fingerprint density at radius 1 is 1.04 bits per heavy atom. The number of pyridine rings is 1. The number of ether oxygens (including phenoxy) is 1. The summed E-state index contributed by atoms with van der Waals surface area (Å²) in [6.45, 7) is 3.90. The Labute approximate surface area is 159 Å². The summed E-state index contributed by atoms with van der Waals surface area (Å²) in [6, 6.07) is 23.0. The van der Waals surface area contributed by atoms with Crippen molar-refractivity contribution in [3.63, 3.8) is 0 Å². The monoisotopic (exact) mass is 358 g/mol. The molecular formula is C23H22N2O2. The lowest BCUT2D eigenvalue weighted by atomic mass is 9.71. The van der Waals surface area contributed by atoms with Crippen molar-refractivity contribution in [2.24, 2.45) is 0 Å². The van der Waals surface area contributed by atoms with E-state index in [9.17, 15) is 4.79 Å². The standard InChI is InChI=1S/C23H22N2O2/c1-3-16-23(18-10-6-4-7-11-18,19-12-8-5-9-13-19)22(26)25-20-14-15-21(27-2)24-17-20/h3-15,17H,1,16H2,2H3,(H,25,26). The van der Waals surface area contributed by atoms with Gasteiger partial charge in [-0.1, -0.05) is 66.7 Å². The quantitative estimate of drug-likeness (QED) is 0.629. The molecule has 1 aromatic heterocycles. The predicted molar refractivity (Wildman–Crippen MR) is 108 cm³/mol. The second-order valence-electron chi connectivity index (χ2n) is 6.17. The maximum absolute atomic E-state index is 13.6. The molecule has 27 heavy (non-hydrogen) atoms. The fourth-order valence-corrected chi connectivity index (χ4v) is 3.23. The molecule has 4 heteroatoms. The van der Waals surface area contributed by atoms with Crippen molar-refractivity contribution < 1.29 is 9.53 Å². The molecule has 0 spiro atoms. The highest BCUT2D eigenvalue weighted by molar-refractivity contribution is 6.02. The molecule has 0 aliphatic heterocycles. The van der Waals surface area contributed by atoms with Gasteiger partial charge in [0.1, 0.15) is 5.41 Å². The maximum Gasteiger partial charge on any atom is 0.239 e. The summed E-state index contributed by atoms with van der Waals surface area (Å²) in [6.07, 6.45) is 3.84. The molecule has 1 amide bonds. The van der Waals surface area contributed by atoms with E-state index >= 15 is 0 Å². The predicted octanol–water partition coefficient (Wildman–Crippen LogP) is 4.59. The molecule has 0 saturated carbocycles. The Morgan fingerprint density at radius 2 is 1.63 bits per heavy atom. The third-order valence-corrected chi connectivity index (χ3v) is 4.57. The molecule has 0 saturated heterocycles. The van der Waals surface area contributed by atoms with Crippen molar-refractivity contribution in [3.8, 4) is 5.88 Å². The van der Waals surface area contributed by atoms with Gasteiger partial charge in [0, 0.05) is 6.07 Å². The fraction of sp³-hybridized carbons (Fsp3) is 0.130. The minimum atomic E-state index is -0.885. The van der Waals surface area contributed by atoms with Crippen LogP contribution in [0.2, 0.25) is 0 Å². The van der Waals surface area contributed by atoms with Gasteiger partial charge in [0.25, 0.3) is 0 Å². The van der Waals surface area contributed by atoms with Crippen LogP contribution in [0.4, 0.5) is 5.69 Å². The van der Waals surface area contributed by atoms with Crippen LogP contribution < -0.4 is 10.1 Å². The van der Waals surface area contributed by atoms with Crippen LogP contribution in [-0.2, 0) is 10.2 Å². The third-order valence-electron chi connectivity index (χ3n) is 4.57. The van der Waals surface area contributed by atoms with E-state index in [1.165, 1.54) is 0 Å². The van der Waals surface area contributed by atoms with Crippen LogP contribution >= 0.6 is 0 Å². The molecule has 0 unspecified atom stereocenters. The van der Waals surface area contributed by atoms with Crippen molar-refractivity contribution in [2.75, 3.05) is 12.4 Å². The summed E-state index contributed by atoms with van der Waals surface area (Å²) in [5, 5.41) is 3.01. The Bertz CT molecular complexity index is 851. The second-order valence-corrected chi connectivity index (χ2v) is 6.17. The number of anilines is 1. The third kappa shape index (κ3) is 3.75. The lowest BCUT2D eigenvalue weighted by Crippen LogP contribution is -2.41. The zero-order valence-electron chi connectivity index (χ0n) is 15.3. The van der Waals surface area contributed by atoms with Crippen LogP contribution in [0.3, 0.4) is 0 Å². The van der Waals surface area contributed by atoms with Gasteiger partial charge in [0.2, 0.25) is 11.8 Å². The highest BCUT2D eigenvalue weighted by atomic mass is 16.5. The largest absolute Gasteiger partial charge is 0.481 e. The van der Waals surface area contributed by atoms with Gasteiger partial charge in [-0.05, 0) is 23.6 Å². The van der Waals surface area contributed by atoms with Crippen molar-refractivity contribution in [3.05, 3.63) is 103 Å². The number of carbonyl (C=O) groups is 1. The van der Waals surface area contributed by atoms with Crippen molar-refractivity contribution in [2.45, 2.75) is 11.8 Å². The Balaban J connectivity index is 2.07. The van der Waals surface area contributed by atoms with Crippen LogP contribution in [0.5, 0.6) is 5.88 Å². The van der Waals surface area contributed by atoms with Gasteiger partial charge in [0.05, 0.1) is 19.0 Å². The van der Waals surface area contributed by atoms with Crippen molar-refractivity contribution in [1.82, 2.24) is 4.98 Å². The van der Waals surface area contributed by atoms with Crippen molar-refractivity contribution >= 4 is 11.6 Å². The molecule has 0 radical (unpaired) electrons. The maximum atomic E-state index is 13.6. The first-order valence-electron chi connectivity index (χ1n) is 8.74. The van der Waals surface area contributed by atoms with Gasteiger partial charge in [-0.2, -0.15) is 0 Å². The molecule has 3 aromatic rings. The van der Waals surface area contributed by atoms with E-state index in [0.717, 1.165) is 11.1 Å². The van der Waals surface area contributed by atoms with E-state index in [4.69, 9.17) is 4.74 Å². The van der Waals surface area contributed by atoms with E-state index in [0.29, 0.717) is 18.0 Å². The zero-order chi connectivity index (χ0) is 19.1. The fourth-order valence-electron chi connectivity index (χ4n) is 3.23. The van der Waals surface area contributed by atoms with Crippen LogP contribution in [0.25, 0.3) is 0 Å². The SMILES string of the molecule is C=CCC(C(=O)Nc1ccc(OC)nc1)(c1ccccc1)c1ccccc1. The van der Waals surface area contributed by atoms with E-state index in [1.807, 2.05) is 60.7 Å². The molecule has 0 aliphatic carbocycles. The van der Waals surface area contributed by atoms with Gasteiger partial charge >= 0.3 is 0 Å². The lowest BCUT2D eigenvalue weighted by Gasteiger charge is -2.33. The average Bonchev–Trinajstić information content (AvgIpc) is 2.74. The summed E-state index contributed by atoms with van der Waals surface area (Å²) in [5.41, 5.74) is 1.55. The van der Waals surface area contributed by atoms with E-state index in [-0.39, 0.29) is 5.91 Å². The van der Waals surface area contributed by atoms with Gasteiger partial charge in [-0.3, -0.25) is 4.79 Å².